The van der Waals surface area contributed by atoms with E-state index in [1.54, 1.807) is 24.1 Å². The Morgan fingerprint density at radius 1 is 1.03 bits per heavy atom. The van der Waals surface area contributed by atoms with Gasteiger partial charge in [-0.2, -0.15) is 0 Å². The van der Waals surface area contributed by atoms with Gasteiger partial charge in [-0.25, -0.2) is 9.18 Å². The van der Waals surface area contributed by atoms with Gasteiger partial charge in [-0.1, -0.05) is 25.1 Å². The summed E-state index contributed by atoms with van der Waals surface area (Å²) < 4.78 is 13.3. The largest absolute Gasteiger partial charge is 0.343 e. The highest BCUT2D eigenvalue weighted by Gasteiger charge is 2.56. The number of amides is 3. The van der Waals surface area contributed by atoms with Crippen molar-refractivity contribution < 1.29 is 14.0 Å². The minimum atomic E-state index is -0.477. The number of hydrogen-bond acceptors (Lipinski definition) is 5. The van der Waals surface area contributed by atoms with Crippen LogP contribution in [0.3, 0.4) is 0 Å². The highest BCUT2D eigenvalue weighted by molar-refractivity contribution is 6.00. The number of urea groups is 1. The van der Waals surface area contributed by atoms with Crippen molar-refractivity contribution in [2.75, 3.05) is 25.0 Å². The van der Waals surface area contributed by atoms with E-state index in [0.29, 0.717) is 5.92 Å². The molecule has 1 N–H and O–H groups in total. The van der Waals surface area contributed by atoms with Crippen LogP contribution in [-0.2, 0) is 11.3 Å². The van der Waals surface area contributed by atoms with E-state index < -0.39 is 12.2 Å². The first kappa shape index (κ1) is 21.9. The van der Waals surface area contributed by atoms with Crippen molar-refractivity contribution in [1.82, 2.24) is 20.0 Å². The number of benzene rings is 2. The lowest BCUT2D eigenvalue weighted by Gasteiger charge is -2.46. The van der Waals surface area contributed by atoms with Crippen LogP contribution in [0.4, 0.5) is 14.9 Å². The molecule has 8 heteroatoms. The lowest BCUT2D eigenvalue weighted by molar-refractivity contribution is -0.139. The minimum Gasteiger partial charge on any atom is -0.343 e. The van der Waals surface area contributed by atoms with E-state index in [0.717, 1.165) is 24.3 Å². The van der Waals surface area contributed by atoms with E-state index in [-0.39, 0.29) is 30.6 Å². The Balaban J connectivity index is 1.46. The molecule has 5 rings (SSSR count). The molecule has 3 aliphatic rings. The summed E-state index contributed by atoms with van der Waals surface area (Å²) in [4.78, 5) is 34.2. The zero-order valence-electron chi connectivity index (χ0n) is 19.5. The molecule has 0 spiro atoms. The number of nitrogens with one attached hydrogen (secondary N) is 1. The lowest BCUT2D eigenvalue weighted by atomic mass is 10.0. The molecular weight excluding hydrogens is 421 g/mol. The molecule has 7 nitrogen and oxygen atoms in total. The second-order valence-corrected chi connectivity index (χ2v) is 9.60. The molecule has 0 aromatic heterocycles. The average Bonchev–Trinajstić information content (AvgIpc) is 3.17. The molecule has 4 unspecified atom stereocenters. The number of halogens is 1. The molecule has 3 saturated heterocycles. The second-order valence-electron chi connectivity index (χ2n) is 9.60. The fourth-order valence-corrected chi connectivity index (χ4v) is 5.24. The number of anilines is 1. The van der Waals surface area contributed by atoms with Crippen molar-refractivity contribution in [3.8, 4) is 0 Å². The third-order valence-corrected chi connectivity index (χ3v) is 7.16. The van der Waals surface area contributed by atoms with Gasteiger partial charge in [0.25, 0.3) is 5.91 Å². The number of rotatable bonds is 3. The maximum absolute atomic E-state index is 13.6. The number of fused-ring (bicyclic) bond motifs is 3. The van der Waals surface area contributed by atoms with Crippen LogP contribution in [0.25, 0.3) is 0 Å². The monoisotopic (exact) mass is 451 g/mol. The number of carbonyl (C=O) groups excluding carboxylic acids is 2. The molecule has 2 aromatic rings. The van der Waals surface area contributed by atoms with Gasteiger partial charge in [-0.3, -0.25) is 19.9 Å². The molecule has 3 aliphatic heterocycles. The number of nitrogens with zero attached hydrogens (tertiary/aromatic N) is 4. The van der Waals surface area contributed by atoms with Gasteiger partial charge in [0, 0.05) is 25.8 Å². The van der Waals surface area contributed by atoms with Crippen LogP contribution in [0.2, 0.25) is 0 Å². The Labute approximate surface area is 193 Å². The molecule has 0 bridgehead atoms. The predicted octanol–water partition coefficient (Wildman–Crippen LogP) is 2.88. The van der Waals surface area contributed by atoms with Crippen LogP contribution in [0, 0.1) is 25.6 Å². The summed E-state index contributed by atoms with van der Waals surface area (Å²) in [6.45, 7) is 8.15. The first-order valence-corrected chi connectivity index (χ1v) is 11.4. The van der Waals surface area contributed by atoms with E-state index in [9.17, 15) is 14.0 Å². The standard InChI is InChI=1S/C25H30FN5O2/c1-15-12-29(20-10-5-16(2)17(3)11-20)24-27-22-21(30(24)13-15)23(32)31(25(33)28(22)4)14-18-6-8-19(26)9-7-18/h5-11,15,21-22,24,27H,12-14H2,1-4H3. The Morgan fingerprint density at radius 3 is 2.45 bits per heavy atom. The van der Waals surface area contributed by atoms with Crippen molar-refractivity contribution >= 4 is 17.6 Å². The second kappa shape index (κ2) is 8.11. The maximum Gasteiger partial charge on any atom is 0.328 e. The molecule has 3 amide bonds. The van der Waals surface area contributed by atoms with Gasteiger partial charge in [0.1, 0.15) is 24.3 Å². The fraction of sp³-hybridized carbons (Fsp3) is 0.440. The van der Waals surface area contributed by atoms with Crippen LogP contribution < -0.4 is 10.2 Å². The van der Waals surface area contributed by atoms with Gasteiger partial charge in [0.05, 0.1) is 6.54 Å². The molecule has 3 fully saturated rings. The molecule has 0 saturated carbocycles. The summed E-state index contributed by atoms with van der Waals surface area (Å²) in [6.07, 6.45) is -0.581. The van der Waals surface area contributed by atoms with Gasteiger partial charge >= 0.3 is 6.03 Å². The molecule has 0 radical (unpaired) electrons. The van der Waals surface area contributed by atoms with Gasteiger partial charge in [-0.15, -0.1) is 0 Å². The predicted molar refractivity (Wildman–Crippen MR) is 124 cm³/mol. The zero-order valence-corrected chi connectivity index (χ0v) is 19.5. The smallest absolute Gasteiger partial charge is 0.328 e. The number of likely N-dealkylation sites (N-methyl/N-ethyl adjacent to an activating group) is 1. The van der Waals surface area contributed by atoms with Crippen molar-refractivity contribution in [2.24, 2.45) is 5.92 Å². The van der Waals surface area contributed by atoms with Crippen molar-refractivity contribution in [2.45, 2.75) is 45.8 Å². The Bertz CT molecular complexity index is 1090. The molecule has 0 aliphatic carbocycles. The van der Waals surface area contributed by atoms with E-state index in [1.165, 1.54) is 28.2 Å². The number of carbonyl (C=O) groups is 2. The molecule has 4 atom stereocenters. The number of hydrogen-bond donors (Lipinski definition) is 1. The Hall–Kier alpha value is -2.97. The summed E-state index contributed by atoms with van der Waals surface area (Å²) in [5, 5.41) is 3.56. The number of aryl methyl sites for hydroxylation is 2. The van der Waals surface area contributed by atoms with Gasteiger partial charge in [0.15, 0.2) is 0 Å². The minimum absolute atomic E-state index is 0.125. The first-order valence-electron chi connectivity index (χ1n) is 11.4. The molecule has 33 heavy (non-hydrogen) atoms. The van der Waals surface area contributed by atoms with Crippen LogP contribution in [0.5, 0.6) is 0 Å². The fourth-order valence-electron chi connectivity index (χ4n) is 5.24. The highest BCUT2D eigenvalue weighted by Crippen LogP contribution is 2.35. The van der Waals surface area contributed by atoms with Crippen LogP contribution in [0.1, 0.15) is 23.6 Å². The van der Waals surface area contributed by atoms with E-state index in [2.05, 4.69) is 54.1 Å². The van der Waals surface area contributed by atoms with Crippen molar-refractivity contribution in [1.29, 1.82) is 0 Å². The third-order valence-electron chi connectivity index (χ3n) is 7.16. The topological polar surface area (TPSA) is 59.1 Å². The summed E-state index contributed by atoms with van der Waals surface area (Å²) in [5.41, 5.74) is 4.29. The molecule has 3 heterocycles. The van der Waals surface area contributed by atoms with Crippen molar-refractivity contribution in [3.63, 3.8) is 0 Å². The summed E-state index contributed by atoms with van der Waals surface area (Å²) in [5.74, 6) is -0.204. The first-order chi connectivity index (χ1) is 15.7. The zero-order chi connectivity index (χ0) is 23.4. The SMILES string of the molecule is Cc1ccc(N2CC(C)CN3C4C(=O)N(Cc5ccc(F)cc5)C(=O)N(C)C4NC23)cc1C. The normalized spacial score (nSPS) is 27.7. The molecular formula is C25H30FN5O2. The maximum atomic E-state index is 13.6. The van der Waals surface area contributed by atoms with E-state index in [4.69, 9.17) is 0 Å². The van der Waals surface area contributed by atoms with Gasteiger partial charge in [-0.05, 0) is 60.7 Å². The van der Waals surface area contributed by atoms with Gasteiger partial charge in [0.2, 0.25) is 0 Å². The Morgan fingerprint density at radius 2 is 1.76 bits per heavy atom. The van der Waals surface area contributed by atoms with E-state index >= 15 is 0 Å². The summed E-state index contributed by atoms with van der Waals surface area (Å²) in [7, 11) is 1.74. The van der Waals surface area contributed by atoms with E-state index in [1.807, 2.05) is 0 Å². The quantitative estimate of drug-likeness (QED) is 0.778. The Kier molecular flexibility index (Phi) is 5.37. The third kappa shape index (κ3) is 3.67. The highest BCUT2D eigenvalue weighted by atomic mass is 19.1. The number of imide groups is 1. The van der Waals surface area contributed by atoms with Gasteiger partial charge < -0.3 is 9.80 Å². The van der Waals surface area contributed by atoms with Crippen LogP contribution in [-0.4, -0.2) is 65.3 Å². The van der Waals surface area contributed by atoms with Crippen LogP contribution in [0.15, 0.2) is 42.5 Å². The molecule has 174 valence electrons. The molecule has 2 aromatic carbocycles. The summed E-state index contributed by atoms with van der Waals surface area (Å²) >= 11 is 0. The lowest BCUT2D eigenvalue weighted by Crippen LogP contribution is -2.66. The van der Waals surface area contributed by atoms with Crippen molar-refractivity contribution in [3.05, 3.63) is 65.0 Å². The summed E-state index contributed by atoms with van der Waals surface area (Å²) in [6, 6.07) is 11.5. The van der Waals surface area contributed by atoms with Crippen LogP contribution >= 0.6 is 0 Å². The average molecular weight is 452 g/mol.